The topological polar surface area (TPSA) is 23.9 Å². The third-order valence-electron chi connectivity index (χ3n) is 1.82. The van der Waals surface area contributed by atoms with Gasteiger partial charge in [0, 0.05) is 6.21 Å². The lowest BCUT2D eigenvalue weighted by atomic mass is 10.1. The second kappa shape index (κ2) is 18.0. The summed E-state index contributed by atoms with van der Waals surface area (Å²) in [7, 11) is 0. The molecule has 1 aromatic carbocycles. The molecule has 0 saturated heterocycles. The minimum atomic E-state index is 1.12. The van der Waals surface area contributed by atoms with E-state index in [2.05, 4.69) is 31.2 Å². The van der Waals surface area contributed by atoms with Crippen molar-refractivity contribution in [1.29, 1.82) is 5.41 Å². The van der Waals surface area contributed by atoms with Gasteiger partial charge in [0.25, 0.3) is 0 Å². The van der Waals surface area contributed by atoms with Crippen LogP contribution in [0.5, 0.6) is 0 Å². The first kappa shape index (κ1) is 21.9. The molecule has 1 nitrogen and oxygen atoms in total. The van der Waals surface area contributed by atoms with E-state index in [0.29, 0.717) is 0 Å². The minimum Gasteiger partial charge on any atom is -0.309 e. The summed E-state index contributed by atoms with van der Waals surface area (Å²) in [4.78, 5) is 0. The first-order chi connectivity index (χ1) is 8.77. The first-order valence-corrected chi connectivity index (χ1v) is 7.01. The highest BCUT2D eigenvalue weighted by atomic mass is 14.3. The molecule has 0 radical (unpaired) electrons. The summed E-state index contributed by atoms with van der Waals surface area (Å²) in [5.74, 6) is 0. The zero-order chi connectivity index (χ0) is 15.0. The lowest BCUT2D eigenvalue weighted by Crippen LogP contribution is -2.24. The predicted octanol–water partition coefficient (Wildman–Crippen LogP) is 4.30. The number of benzene rings is 1. The summed E-state index contributed by atoms with van der Waals surface area (Å²) in [5, 5.41) is 9.29. The van der Waals surface area contributed by atoms with Crippen molar-refractivity contribution in [1.82, 2.24) is 0 Å². The first-order valence-electron chi connectivity index (χ1n) is 7.01. The number of aryl methyl sites for hydroxylation is 1. The highest BCUT2D eigenvalue weighted by Gasteiger charge is 1.84. The maximum Gasteiger partial charge on any atom is 0.0183 e. The predicted molar refractivity (Wildman–Crippen MR) is 87.9 cm³/mol. The maximum atomic E-state index is 6.99. The molecule has 0 unspecified atom stereocenters. The molecule has 0 amide bonds. The fourth-order valence-electron chi connectivity index (χ4n) is 1.19. The Morgan fingerprint density at radius 2 is 1.39 bits per heavy atom. The second-order valence-corrected chi connectivity index (χ2v) is 2.75. The molecule has 0 saturated carbocycles. The molecule has 1 N–H and O–H groups in total. The summed E-state index contributed by atoms with van der Waals surface area (Å²) in [6, 6.07) is 6.24. The van der Waals surface area contributed by atoms with Crippen molar-refractivity contribution in [3.05, 3.63) is 34.2 Å². The molecule has 1 aromatic rings. The van der Waals surface area contributed by atoms with Crippen LogP contribution in [-0.4, -0.2) is 6.21 Å². The fourth-order valence-corrected chi connectivity index (χ4v) is 1.19. The van der Waals surface area contributed by atoms with Gasteiger partial charge in [-0.2, -0.15) is 0 Å². The van der Waals surface area contributed by atoms with E-state index >= 15 is 0 Å². The van der Waals surface area contributed by atoms with E-state index in [1.807, 2.05) is 54.5 Å². The number of nitrogens with one attached hydrogen (secondary N) is 1. The summed E-state index contributed by atoms with van der Waals surface area (Å²) < 4.78 is 0. The van der Waals surface area contributed by atoms with Gasteiger partial charge in [0.05, 0.1) is 0 Å². The van der Waals surface area contributed by atoms with Crippen LogP contribution < -0.4 is 10.4 Å². The molecule has 1 heteroatoms. The van der Waals surface area contributed by atoms with E-state index in [-0.39, 0.29) is 0 Å². The zero-order valence-electron chi connectivity index (χ0n) is 13.5. The largest absolute Gasteiger partial charge is 0.309 e. The van der Waals surface area contributed by atoms with Gasteiger partial charge >= 0.3 is 0 Å². The fraction of sp³-hybridized carbons (Fsp3) is 0.471. The van der Waals surface area contributed by atoms with Crippen molar-refractivity contribution in [3.63, 3.8) is 0 Å². The molecule has 104 valence electrons. The van der Waals surface area contributed by atoms with Gasteiger partial charge in [0.15, 0.2) is 0 Å². The van der Waals surface area contributed by atoms with Crippen LogP contribution in [0, 0.1) is 12.3 Å². The summed E-state index contributed by atoms with van der Waals surface area (Å²) in [6.07, 6.45) is 5.18. The monoisotopic (exact) mass is 249 g/mol. The standard InChI is InChI=1S/C11H13N.3C2H6/c1-3-10-5-4-9(2)8-11(10)6-7-12;3*1-2/h3-8,12H,1-2H3;3*1-2H3/b10-3-,11-6-,12-7?;;;. The number of hydrogen-bond donors (Lipinski definition) is 1. The van der Waals surface area contributed by atoms with Gasteiger partial charge in [-0.1, -0.05) is 71.4 Å². The van der Waals surface area contributed by atoms with Crippen LogP contribution in [0.1, 0.15) is 54.0 Å². The van der Waals surface area contributed by atoms with Gasteiger partial charge in [-0.05, 0) is 30.4 Å². The van der Waals surface area contributed by atoms with Crippen molar-refractivity contribution in [2.45, 2.75) is 55.4 Å². The van der Waals surface area contributed by atoms with Gasteiger partial charge in [-0.3, -0.25) is 0 Å². The van der Waals surface area contributed by atoms with E-state index < -0.39 is 0 Å². The lowest BCUT2D eigenvalue weighted by molar-refractivity contribution is 1.40. The van der Waals surface area contributed by atoms with E-state index in [4.69, 9.17) is 5.41 Å². The normalized spacial score (nSPS) is 10.0. The Kier molecular flexibility index (Phi) is 21.9. The third kappa shape index (κ3) is 9.83. The van der Waals surface area contributed by atoms with Crippen LogP contribution in [0.25, 0.3) is 12.2 Å². The van der Waals surface area contributed by atoms with Gasteiger partial charge in [-0.15, -0.1) is 0 Å². The van der Waals surface area contributed by atoms with E-state index in [1.165, 1.54) is 17.0 Å². The molecule has 0 aliphatic heterocycles. The second-order valence-electron chi connectivity index (χ2n) is 2.75. The molecule has 0 aliphatic carbocycles. The van der Waals surface area contributed by atoms with Gasteiger partial charge in [-0.25, -0.2) is 0 Å². The summed E-state index contributed by atoms with van der Waals surface area (Å²) in [5.41, 5.74) is 1.23. The lowest BCUT2D eigenvalue weighted by Gasteiger charge is -1.91. The molecule has 0 bridgehead atoms. The van der Waals surface area contributed by atoms with Crippen LogP contribution >= 0.6 is 0 Å². The van der Waals surface area contributed by atoms with Crippen LogP contribution in [0.2, 0.25) is 0 Å². The molecule has 0 aromatic heterocycles. The SMILES string of the molecule is C/C=c1/ccc(C)c/c1=C/C=N.CC.CC.CC. The highest BCUT2D eigenvalue weighted by Crippen LogP contribution is 1.85. The Labute approximate surface area is 114 Å². The average Bonchev–Trinajstić information content (AvgIpc) is 2.46. The van der Waals surface area contributed by atoms with Crippen LogP contribution in [-0.2, 0) is 0 Å². The molecule has 0 atom stereocenters. The minimum absolute atomic E-state index is 1.12. The highest BCUT2D eigenvalue weighted by molar-refractivity contribution is 5.88. The average molecular weight is 249 g/mol. The van der Waals surface area contributed by atoms with E-state index in [9.17, 15) is 0 Å². The smallest absolute Gasteiger partial charge is 0.0183 e. The zero-order valence-corrected chi connectivity index (χ0v) is 13.5. The molecule has 0 heterocycles. The Morgan fingerprint density at radius 1 is 0.889 bits per heavy atom. The maximum absolute atomic E-state index is 6.99. The van der Waals surface area contributed by atoms with E-state index in [0.717, 1.165) is 5.22 Å². The molecule has 1 rings (SSSR count). The molecule has 0 fully saturated rings. The number of rotatable bonds is 1. The molecule has 0 aliphatic rings. The van der Waals surface area contributed by atoms with Crippen LogP contribution in [0.4, 0.5) is 0 Å². The molecular formula is C17H31N. The quantitative estimate of drug-likeness (QED) is 0.717. The van der Waals surface area contributed by atoms with Crippen molar-refractivity contribution in [3.8, 4) is 0 Å². The molecule has 0 spiro atoms. The van der Waals surface area contributed by atoms with Crippen molar-refractivity contribution >= 4 is 18.4 Å². The molecular weight excluding hydrogens is 218 g/mol. The van der Waals surface area contributed by atoms with Crippen molar-refractivity contribution in [2.24, 2.45) is 0 Å². The van der Waals surface area contributed by atoms with Crippen LogP contribution in [0.15, 0.2) is 18.2 Å². The van der Waals surface area contributed by atoms with Crippen molar-refractivity contribution in [2.75, 3.05) is 0 Å². The van der Waals surface area contributed by atoms with Crippen LogP contribution in [0.3, 0.4) is 0 Å². The molecule has 18 heavy (non-hydrogen) atoms. The summed E-state index contributed by atoms with van der Waals surface area (Å²) >= 11 is 0. The van der Waals surface area contributed by atoms with Gasteiger partial charge in [0.1, 0.15) is 0 Å². The van der Waals surface area contributed by atoms with Gasteiger partial charge < -0.3 is 5.41 Å². The van der Waals surface area contributed by atoms with E-state index in [1.54, 1.807) is 0 Å². The van der Waals surface area contributed by atoms with Crippen molar-refractivity contribution < 1.29 is 0 Å². The Morgan fingerprint density at radius 3 is 1.78 bits per heavy atom. The Bertz CT molecular complexity index is 389. The third-order valence-corrected chi connectivity index (χ3v) is 1.82. The Balaban J connectivity index is -0.000000328. The Hall–Kier alpha value is -1.37. The summed E-state index contributed by atoms with van der Waals surface area (Å²) in [6.45, 7) is 16.1. The van der Waals surface area contributed by atoms with Gasteiger partial charge in [0.2, 0.25) is 0 Å². The number of hydrogen-bond acceptors (Lipinski definition) is 1.